The number of nitrogens with zero attached hydrogens (tertiary/aromatic N) is 2. The first-order chi connectivity index (χ1) is 19.2. The lowest BCUT2D eigenvalue weighted by Gasteiger charge is -2.15. The van der Waals surface area contributed by atoms with Crippen LogP contribution in [0, 0.1) is 6.92 Å². The van der Waals surface area contributed by atoms with E-state index in [0.29, 0.717) is 22.2 Å². The number of aliphatic imine (C=N–C) groups is 1. The second-order valence-corrected chi connectivity index (χ2v) is 10.6. The van der Waals surface area contributed by atoms with Gasteiger partial charge in [0.15, 0.2) is 0 Å². The number of methoxy groups -OCH3 is 1. The number of benzene rings is 4. The first kappa shape index (κ1) is 26.5. The Balaban J connectivity index is 1.65. The summed E-state index contributed by atoms with van der Waals surface area (Å²) in [5, 5.41) is 22.0. The second kappa shape index (κ2) is 10.6. The lowest BCUT2D eigenvalue weighted by Crippen LogP contribution is -2.21. The summed E-state index contributed by atoms with van der Waals surface area (Å²) >= 11 is 0. The number of aryl methyl sites for hydroxylation is 1. The van der Waals surface area contributed by atoms with Gasteiger partial charge in [-0.25, -0.2) is 13.0 Å². The molecule has 0 aliphatic rings. The van der Waals surface area contributed by atoms with E-state index < -0.39 is 21.5 Å². The molecule has 1 aromatic heterocycles. The molecule has 202 valence electrons. The van der Waals surface area contributed by atoms with Crippen LogP contribution >= 0.6 is 0 Å². The van der Waals surface area contributed by atoms with Gasteiger partial charge in [0.1, 0.15) is 11.5 Å². The molecular weight excluding hydrogens is 530 g/mol. The number of rotatable bonds is 7. The number of sulfonamides is 1. The number of hydrogen-bond acceptors (Lipinski definition) is 7. The molecule has 0 saturated carbocycles. The first-order valence-electron chi connectivity index (χ1n) is 12.2. The highest BCUT2D eigenvalue weighted by Gasteiger charge is 2.20. The van der Waals surface area contributed by atoms with Crippen LogP contribution in [0.25, 0.3) is 16.5 Å². The lowest BCUT2D eigenvalue weighted by atomic mass is 10.1. The fourth-order valence-corrected chi connectivity index (χ4v) is 5.43. The maximum Gasteiger partial charge on any atom is 0.265 e. The van der Waals surface area contributed by atoms with Crippen molar-refractivity contribution < 1.29 is 23.4 Å². The lowest BCUT2D eigenvalue weighted by molar-refractivity contribution is 0.417. The molecule has 4 aromatic carbocycles. The molecule has 0 radical (unpaired) electrons. The van der Waals surface area contributed by atoms with Gasteiger partial charge in [0.25, 0.3) is 15.6 Å². The fraction of sp³-hybridized carbons (Fsp3) is 0.0667. The summed E-state index contributed by atoms with van der Waals surface area (Å²) in [6.45, 7) is 1.83. The molecule has 0 amide bonds. The van der Waals surface area contributed by atoms with Crippen molar-refractivity contribution in [3.8, 4) is 23.1 Å². The Hall–Kier alpha value is -5.09. The zero-order valence-corrected chi connectivity index (χ0v) is 22.4. The Morgan fingerprint density at radius 2 is 1.62 bits per heavy atom. The van der Waals surface area contributed by atoms with Gasteiger partial charge in [0.05, 0.1) is 34.6 Å². The molecule has 3 N–H and O–H groups in total. The number of nitrogens with one attached hydrogen (secondary N) is 1. The van der Waals surface area contributed by atoms with Crippen LogP contribution in [0.1, 0.15) is 11.1 Å². The van der Waals surface area contributed by atoms with Crippen molar-refractivity contribution in [2.45, 2.75) is 11.8 Å². The predicted octanol–water partition coefficient (Wildman–Crippen LogP) is 5.27. The Morgan fingerprint density at radius 1 is 0.900 bits per heavy atom. The van der Waals surface area contributed by atoms with Crippen LogP contribution in [0.5, 0.6) is 17.4 Å². The summed E-state index contributed by atoms with van der Waals surface area (Å²) in [5.41, 5.74) is 1.38. The third kappa shape index (κ3) is 4.99. The topological polar surface area (TPSA) is 130 Å². The number of hydrogen-bond donors (Lipinski definition) is 3. The molecule has 1 heterocycles. The molecule has 0 fully saturated rings. The SMILES string of the molecule is COc1ccccc1NS(=O)(=O)c1cccc(-n2c(O)c(C=Nc3cc(O)ccc3C)c3ccccc3c2=O)c1. The first-order valence-corrected chi connectivity index (χ1v) is 13.6. The molecule has 0 saturated heterocycles. The van der Waals surface area contributed by atoms with Gasteiger partial charge in [-0.2, -0.15) is 0 Å². The van der Waals surface area contributed by atoms with Crippen molar-refractivity contribution >= 4 is 38.4 Å². The van der Waals surface area contributed by atoms with E-state index in [-0.39, 0.29) is 27.6 Å². The maximum atomic E-state index is 13.6. The molecule has 0 unspecified atom stereocenters. The summed E-state index contributed by atoms with van der Waals surface area (Å²) in [5.74, 6) is -0.0365. The molecule has 0 bridgehead atoms. The monoisotopic (exact) mass is 555 g/mol. The van der Waals surface area contributed by atoms with Gasteiger partial charge in [0, 0.05) is 23.1 Å². The van der Waals surface area contributed by atoms with Gasteiger partial charge in [0.2, 0.25) is 5.88 Å². The van der Waals surface area contributed by atoms with Crippen LogP contribution < -0.4 is 15.0 Å². The highest BCUT2D eigenvalue weighted by Crippen LogP contribution is 2.30. The van der Waals surface area contributed by atoms with Gasteiger partial charge in [-0.15, -0.1) is 0 Å². The molecule has 40 heavy (non-hydrogen) atoms. The van der Waals surface area contributed by atoms with Crippen LogP contribution in [0.15, 0.2) is 106 Å². The van der Waals surface area contributed by atoms with E-state index in [1.807, 2.05) is 6.92 Å². The number of ether oxygens (including phenoxy) is 1. The predicted molar refractivity (Wildman–Crippen MR) is 155 cm³/mol. The minimum atomic E-state index is -4.09. The summed E-state index contributed by atoms with van der Waals surface area (Å²) in [4.78, 5) is 17.9. The number of anilines is 1. The molecule has 5 rings (SSSR count). The third-order valence-electron chi connectivity index (χ3n) is 6.37. The van der Waals surface area contributed by atoms with Crippen molar-refractivity contribution in [1.82, 2.24) is 4.57 Å². The summed E-state index contributed by atoms with van der Waals surface area (Å²) in [6.07, 6.45) is 1.42. The Morgan fingerprint density at radius 3 is 2.40 bits per heavy atom. The van der Waals surface area contributed by atoms with Gasteiger partial charge in [-0.3, -0.25) is 14.5 Å². The maximum absolute atomic E-state index is 13.6. The number of para-hydroxylation sites is 2. The third-order valence-corrected chi connectivity index (χ3v) is 7.73. The zero-order valence-electron chi connectivity index (χ0n) is 21.6. The van der Waals surface area contributed by atoms with Crippen molar-refractivity contribution in [1.29, 1.82) is 0 Å². The van der Waals surface area contributed by atoms with Crippen LogP contribution in [0.3, 0.4) is 0 Å². The van der Waals surface area contributed by atoms with Gasteiger partial charge in [-0.05, 0) is 55.0 Å². The average molecular weight is 556 g/mol. The smallest absolute Gasteiger partial charge is 0.265 e. The number of phenolic OH excluding ortho intramolecular Hbond substituents is 1. The number of fused-ring (bicyclic) bond motifs is 1. The van der Waals surface area contributed by atoms with Gasteiger partial charge >= 0.3 is 0 Å². The Bertz CT molecular complexity index is 1950. The highest BCUT2D eigenvalue weighted by atomic mass is 32.2. The molecule has 9 nitrogen and oxygen atoms in total. The molecule has 0 aliphatic carbocycles. The van der Waals surface area contributed by atoms with Crippen LogP contribution in [0.4, 0.5) is 11.4 Å². The Labute approximate surface area is 230 Å². The van der Waals surface area contributed by atoms with Gasteiger partial charge in [-0.1, -0.05) is 42.5 Å². The largest absolute Gasteiger partial charge is 0.508 e. The van der Waals surface area contributed by atoms with Crippen molar-refractivity contribution in [2.75, 3.05) is 11.8 Å². The summed E-state index contributed by atoms with van der Waals surface area (Å²) < 4.78 is 35.3. The van der Waals surface area contributed by atoms with E-state index >= 15 is 0 Å². The normalized spacial score (nSPS) is 11.7. The van der Waals surface area contributed by atoms with Crippen molar-refractivity contribution in [3.63, 3.8) is 0 Å². The standard InChI is InChI=1S/C30H25N3O6S/c1-19-14-15-21(34)17-27(19)31-18-25-23-10-3-4-11-24(23)29(35)33(30(25)36)20-8-7-9-22(16-20)40(37,38)32-26-12-5-6-13-28(26)39-2/h3-18,32,34,36H,1-2H3. The number of aromatic nitrogens is 1. The van der Waals surface area contributed by atoms with Crippen LogP contribution in [-0.2, 0) is 10.0 Å². The Kier molecular flexibility index (Phi) is 7.02. The van der Waals surface area contributed by atoms with Gasteiger partial charge < -0.3 is 14.9 Å². The average Bonchev–Trinajstić information content (AvgIpc) is 2.95. The van der Waals surface area contributed by atoms with E-state index in [0.717, 1.165) is 10.1 Å². The van der Waals surface area contributed by atoms with Crippen LogP contribution in [0.2, 0.25) is 0 Å². The number of aromatic hydroxyl groups is 2. The van der Waals surface area contributed by atoms with Crippen molar-refractivity contribution in [3.05, 3.63) is 112 Å². The molecule has 0 aliphatic heterocycles. The second-order valence-electron chi connectivity index (χ2n) is 8.96. The minimum absolute atomic E-state index is 0.0385. The van der Waals surface area contributed by atoms with Crippen LogP contribution in [-0.4, -0.2) is 36.5 Å². The van der Waals surface area contributed by atoms with E-state index in [1.54, 1.807) is 60.7 Å². The quantitative estimate of drug-likeness (QED) is 0.235. The van der Waals surface area contributed by atoms with E-state index in [1.165, 1.54) is 43.7 Å². The summed E-state index contributed by atoms with van der Waals surface area (Å²) in [6, 6.07) is 23.8. The summed E-state index contributed by atoms with van der Waals surface area (Å²) in [7, 11) is -2.65. The van der Waals surface area contributed by atoms with E-state index in [4.69, 9.17) is 4.74 Å². The van der Waals surface area contributed by atoms with Crippen molar-refractivity contribution in [2.24, 2.45) is 4.99 Å². The molecule has 0 spiro atoms. The molecule has 0 atom stereocenters. The molecular formula is C30H25N3O6S. The molecule has 10 heteroatoms. The fourth-order valence-electron chi connectivity index (χ4n) is 4.32. The minimum Gasteiger partial charge on any atom is -0.508 e. The van der Waals surface area contributed by atoms with E-state index in [2.05, 4.69) is 9.71 Å². The molecule has 5 aromatic rings. The highest BCUT2D eigenvalue weighted by molar-refractivity contribution is 7.92. The number of phenols is 1. The number of pyridine rings is 1. The van der Waals surface area contributed by atoms with E-state index in [9.17, 15) is 23.4 Å². The zero-order chi connectivity index (χ0) is 28.4.